The second kappa shape index (κ2) is 13.1. The monoisotopic (exact) mass is 556 g/mol. The van der Waals surface area contributed by atoms with Gasteiger partial charge in [-0.25, -0.2) is 4.39 Å². The summed E-state index contributed by atoms with van der Waals surface area (Å²) in [5.41, 5.74) is 3.71. The Balaban J connectivity index is 1.15. The summed E-state index contributed by atoms with van der Waals surface area (Å²) >= 11 is 0. The molecule has 0 spiro atoms. The van der Waals surface area contributed by atoms with Crippen molar-refractivity contribution in [2.75, 3.05) is 33.2 Å². The zero-order valence-corrected chi connectivity index (χ0v) is 23.4. The summed E-state index contributed by atoms with van der Waals surface area (Å²) in [5, 5.41) is 6.51. The minimum Gasteiger partial charge on any atom is -0.342 e. The molecule has 214 valence electrons. The Kier molecular flexibility index (Phi) is 9.09. The highest BCUT2D eigenvalue weighted by Gasteiger charge is 2.37. The Morgan fingerprint density at radius 2 is 1.63 bits per heavy atom. The number of amides is 3. The van der Waals surface area contributed by atoms with Gasteiger partial charge < -0.3 is 20.4 Å². The fourth-order valence-corrected chi connectivity index (χ4v) is 5.37. The molecule has 2 fully saturated rings. The Morgan fingerprint density at radius 3 is 2.34 bits per heavy atom. The molecule has 41 heavy (non-hydrogen) atoms. The number of benzene rings is 3. The molecule has 1 saturated carbocycles. The Bertz CT molecular complexity index is 1350. The van der Waals surface area contributed by atoms with E-state index >= 15 is 0 Å². The molecule has 0 radical (unpaired) electrons. The highest BCUT2D eigenvalue weighted by atomic mass is 19.1. The van der Waals surface area contributed by atoms with Crippen molar-refractivity contribution < 1.29 is 18.8 Å². The quantitative estimate of drug-likeness (QED) is 0.347. The molecule has 0 aromatic heterocycles. The molecule has 1 aliphatic carbocycles. The molecular formula is C33H37FN4O3. The maximum atomic E-state index is 13.5. The molecule has 0 bridgehead atoms. The molecule has 3 aromatic rings. The normalized spacial score (nSPS) is 19.1. The molecule has 1 heterocycles. The van der Waals surface area contributed by atoms with Crippen molar-refractivity contribution in [3.8, 4) is 11.1 Å². The molecular weight excluding hydrogens is 519 g/mol. The van der Waals surface area contributed by atoms with Crippen molar-refractivity contribution in [1.82, 2.24) is 20.4 Å². The van der Waals surface area contributed by atoms with Crippen LogP contribution in [0.3, 0.4) is 0 Å². The van der Waals surface area contributed by atoms with E-state index in [0.717, 1.165) is 42.5 Å². The number of rotatable bonds is 11. The smallest absolute Gasteiger partial charge is 0.251 e. The molecule has 1 aliphatic heterocycles. The summed E-state index contributed by atoms with van der Waals surface area (Å²) in [6.07, 6.45) is 3.11. The number of likely N-dealkylation sites (N-methyl/N-ethyl adjacent to an activating group) is 1. The number of nitrogens with zero attached hydrogens (tertiary/aromatic N) is 2. The first-order chi connectivity index (χ1) is 19.9. The third-order valence-corrected chi connectivity index (χ3v) is 8.04. The van der Waals surface area contributed by atoms with Gasteiger partial charge >= 0.3 is 0 Å². The first-order valence-electron chi connectivity index (χ1n) is 14.4. The predicted molar refractivity (Wildman–Crippen MR) is 157 cm³/mol. The number of halogens is 1. The molecule has 3 aromatic carbocycles. The van der Waals surface area contributed by atoms with Crippen molar-refractivity contribution in [3.63, 3.8) is 0 Å². The summed E-state index contributed by atoms with van der Waals surface area (Å²) in [6.45, 7) is 1.76. The van der Waals surface area contributed by atoms with Crippen molar-refractivity contribution in [1.29, 1.82) is 0 Å². The van der Waals surface area contributed by atoms with Crippen molar-refractivity contribution in [2.24, 2.45) is 0 Å². The van der Waals surface area contributed by atoms with Gasteiger partial charge in [0.25, 0.3) is 5.91 Å². The van der Waals surface area contributed by atoms with Crippen LogP contribution < -0.4 is 10.6 Å². The van der Waals surface area contributed by atoms with E-state index in [2.05, 4.69) is 10.6 Å². The van der Waals surface area contributed by atoms with Crippen LogP contribution in [0.15, 0.2) is 78.9 Å². The van der Waals surface area contributed by atoms with Gasteiger partial charge in [-0.15, -0.1) is 0 Å². The first kappa shape index (κ1) is 28.5. The highest BCUT2D eigenvalue weighted by molar-refractivity contribution is 5.98. The van der Waals surface area contributed by atoms with E-state index in [4.69, 9.17) is 0 Å². The van der Waals surface area contributed by atoms with E-state index in [-0.39, 0.29) is 30.1 Å². The molecule has 2 aliphatic rings. The lowest BCUT2D eigenvalue weighted by Gasteiger charge is -2.34. The van der Waals surface area contributed by atoms with Gasteiger partial charge in [-0.2, -0.15) is 0 Å². The summed E-state index contributed by atoms with van der Waals surface area (Å²) in [6, 6.07) is 23.7. The SMILES string of the molecule is CN1CCN(C(=O)[C@H](CCCCN[C@@H]2C[C@H]2c2ccc(F)cc2)NC(=O)c2ccc(-c3ccccc3)cc2)CC1=O. The third kappa shape index (κ3) is 7.38. The predicted octanol–water partition coefficient (Wildman–Crippen LogP) is 4.21. The maximum Gasteiger partial charge on any atom is 0.251 e. The average Bonchev–Trinajstić information content (AvgIpc) is 3.77. The van der Waals surface area contributed by atoms with E-state index in [9.17, 15) is 18.8 Å². The topological polar surface area (TPSA) is 81.8 Å². The number of hydrogen-bond acceptors (Lipinski definition) is 4. The molecule has 3 atom stereocenters. The number of carbonyl (C=O) groups is 3. The number of unbranched alkanes of at least 4 members (excludes halogenated alkanes) is 1. The van der Waals surface area contributed by atoms with E-state index < -0.39 is 6.04 Å². The van der Waals surface area contributed by atoms with Crippen molar-refractivity contribution in [3.05, 3.63) is 95.8 Å². The Hall–Kier alpha value is -4.04. The van der Waals surface area contributed by atoms with Crippen molar-refractivity contribution in [2.45, 2.75) is 43.7 Å². The summed E-state index contributed by atoms with van der Waals surface area (Å²) in [4.78, 5) is 42.1. The summed E-state index contributed by atoms with van der Waals surface area (Å²) in [7, 11) is 1.73. The third-order valence-electron chi connectivity index (χ3n) is 8.04. The zero-order chi connectivity index (χ0) is 28.8. The Labute approximate surface area is 240 Å². The molecule has 1 saturated heterocycles. The number of hydrogen-bond donors (Lipinski definition) is 2. The van der Waals surface area contributed by atoms with Crippen LogP contribution in [0, 0.1) is 5.82 Å². The number of nitrogens with one attached hydrogen (secondary N) is 2. The van der Waals surface area contributed by atoms with Gasteiger partial charge in [0.2, 0.25) is 11.8 Å². The van der Waals surface area contributed by atoms with Gasteiger partial charge in [-0.1, -0.05) is 54.6 Å². The van der Waals surface area contributed by atoms with E-state index in [1.807, 2.05) is 54.6 Å². The lowest BCUT2D eigenvalue weighted by Crippen LogP contribution is -2.56. The van der Waals surface area contributed by atoms with E-state index in [1.54, 1.807) is 29.0 Å². The minimum absolute atomic E-state index is 0.0293. The van der Waals surface area contributed by atoms with Gasteiger partial charge in [0, 0.05) is 37.7 Å². The fraction of sp³-hybridized carbons (Fsp3) is 0.364. The van der Waals surface area contributed by atoms with Crippen LogP contribution in [0.5, 0.6) is 0 Å². The lowest BCUT2D eigenvalue weighted by molar-refractivity contribution is -0.145. The maximum absolute atomic E-state index is 13.5. The van der Waals surface area contributed by atoms with Crippen LogP contribution in [0.2, 0.25) is 0 Å². The van der Waals surface area contributed by atoms with Gasteiger partial charge in [0.1, 0.15) is 11.9 Å². The minimum atomic E-state index is -0.708. The molecule has 3 amide bonds. The highest BCUT2D eigenvalue weighted by Crippen LogP contribution is 2.40. The number of piperazine rings is 1. The van der Waals surface area contributed by atoms with Gasteiger partial charge in [0.05, 0.1) is 6.54 Å². The van der Waals surface area contributed by atoms with Crippen LogP contribution in [-0.2, 0) is 9.59 Å². The van der Waals surface area contributed by atoms with Gasteiger partial charge in [0.15, 0.2) is 0 Å². The van der Waals surface area contributed by atoms with Gasteiger partial charge in [-0.05, 0) is 73.2 Å². The second-order valence-electron chi connectivity index (χ2n) is 11.0. The zero-order valence-electron chi connectivity index (χ0n) is 23.4. The lowest BCUT2D eigenvalue weighted by atomic mass is 10.0. The summed E-state index contributed by atoms with van der Waals surface area (Å²) in [5.74, 6) is -0.433. The van der Waals surface area contributed by atoms with Crippen LogP contribution >= 0.6 is 0 Å². The first-order valence-corrected chi connectivity index (χ1v) is 14.4. The van der Waals surface area contributed by atoms with Crippen LogP contribution in [0.4, 0.5) is 4.39 Å². The van der Waals surface area contributed by atoms with Crippen molar-refractivity contribution >= 4 is 17.7 Å². The average molecular weight is 557 g/mol. The summed E-state index contributed by atoms with van der Waals surface area (Å²) < 4.78 is 13.2. The van der Waals surface area contributed by atoms with Crippen LogP contribution in [-0.4, -0.2) is 72.8 Å². The van der Waals surface area contributed by atoms with Gasteiger partial charge in [-0.3, -0.25) is 14.4 Å². The fourth-order valence-electron chi connectivity index (χ4n) is 5.37. The van der Waals surface area contributed by atoms with E-state index in [1.165, 1.54) is 12.1 Å². The van der Waals surface area contributed by atoms with E-state index in [0.29, 0.717) is 37.0 Å². The Morgan fingerprint density at radius 1 is 0.927 bits per heavy atom. The standard InChI is InChI=1S/C33H37FN4O3/c1-37-19-20-38(22-31(37)39)33(41)29(9-5-6-18-35-30-21-28(30)25-14-16-27(34)17-15-25)36-32(40)26-12-10-24(11-13-26)23-7-3-2-4-8-23/h2-4,7-8,10-17,28-30,35H,5-6,9,18-22H2,1H3,(H,36,40)/t28-,29-,30+/m0/s1. The molecule has 2 N–H and O–H groups in total. The second-order valence-corrected chi connectivity index (χ2v) is 11.0. The molecule has 8 heteroatoms. The number of carbonyl (C=O) groups excluding carboxylic acids is 3. The largest absolute Gasteiger partial charge is 0.342 e. The molecule has 7 nitrogen and oxygen atoms in total. The molecule has 5 rings (SSSR count). The molecule has 0 unspecified atom stereocenters. The van der Waals surface area contributed by atoms with Crippen LogP contribution in [0.1, 0.15) is 47.5 Å². The van der Waals surface area contributed by atoms with Crippen LogP contribution in [0.25, 0.3) is 11.1 Å².